The fraction of sp³-hybridized carbons (Fsp3) is 0.143. The van der Waals surface area contributed by atoms with Crippen molar-refractivity contribution in [3.63, 3.8) is 0 Å². The number of halogens is 4. The average molecular weight is 297 g/mol. The summed E-state index contributed by atoms with van der Waals surface area (Å²) in [7, 11) is 3.57. The van der Waals surface area contributed by atoms with Gasteiger partial charge in [0, 0.05) is 12.1 Å². The molecule has 109 valence electrons. The summed E-state index contributed by atoms with van der Waals surface area (Å²) in [6.07, 6.45) is 0. The lowest BCUT2D eigenvalue weighted by molar-refractivity contribution is 0.384. The third-order valence-electron chi connectivity index (χ3n) is 2.82. The van der Waals surface area contributed by atoms with Crippen LogP contribution in [0, 0.1) is 23.3 Å². The van der Waals surface area contributed by atoms with Crippen molar-refractivity contribution in [3.05, 3.63) is 47.5 Å². The Labute approximate surface area is 119 Å². The van der Waals surface area contributed by atoms with Crippen molar-refractivity contribution in [2.75, 3.05) is 14.2 Å². The van der Waals surface area contributed by atoms with Crippen LogP contribution in [0.3, 0.4) is 0 Å². The van der Waals surface area contributed by atoms with Gasteiger partial charge in [-0.3, -0.25) is 0 Å². The molecule has 1 radical (unpaired) electrons. The van der Waals surface area contributed by atoms with Crippen LogP contribution in [-0.2, 0) is 0 Å². The van der Waals surface area contributed by atoms with Crippen molar-refractivity contribution in [1.82, 2.24) is 0 Å². The van der Waals surface area contributed by atoms with Crippen molar-refractivity contribution >= 4 is 18.2 Å². The van der Waals surface area contributed by atoms with Gasteiger partial charge in [0.25, 0.3) is 0 Å². The van der Waals surface area contributed by atoms with E-state index in [0.717, 1.165) is 19.4 Å². The monoisotopic (exact) mass is 297 g/mol. The second-order valence-corrected chi connectivity index (χ2v) is 4.16. The molecule has 0 saturated heterocycles. The Bertz CT molecular complexity index is 677. The summed E-state index contributed by atoms with van der Waals surface area (Å²) in [5.41, 5.74) is -0.0980. The zero-order chi connectivity index (χ0) is 15.6. The molecule has 0 aliphatic heterocycles. The maximum absolute atomic E-state index is 13.7. The molecular formula is C14H10BF4O2. The molecular weight excluding hydrogens is 287 g/mol. The summed E-state index contributed by atoms with van der Waals surface area (Å²) in [6.45, 7) is 0. The molecule has 7 heteroatoms. The van der Waals surface area contributed by atoms with E-state index in [2.05, 4.69) is 0 Å². The van der Waals surface area contributed by atoms with Crippen LogP contribution in [0.1, 0.15) is 0 Å². The Morgan fingerprint density at radius 3 is 2.10 bits per heavy atom. The first-order valence-corrected chi connectivity index (χ1v) is 5.87. The second kappa shape index (κ2) is 6.07. The van der Waals surface area contributed by atoms with Gasteiger partial charge in [0.05, 0.1) is 14.2 Å². The molecule has 0 heterocycles. The molecule has 0 fully saturated rings. The highest BCUT2D eigenvalue weighted by molar-refractivity contribution is 6.68. The Morgan fingerprint density at radius 1 is 0.762 bits per heavy atom. The minimum atomic E-state index is -0.918. The van der Waals surface area contributed by atoms with Crippen LogP contribution >= 0.6 is 0 Å². The van der Waals surface area contributed by atoms with Crippen molar-refractivity contribution in [2.24, 2.45) is 0 Å². The van der Waals surface area contributed by atoms with Gasteiger partial charge in [0.15, 0.2) is 17.4 Å². The normalized spacial score (nSPS) is 10.4. The Hall–Kier alpha value is -2.18. The number of hydrogen-bond donors (Lipinski definition) is 0. The van der Waals surface area contributed by atoms with Crippen LogP contribution in [-0.4, -0.2) is 21.5 Å². The van der Waals surface area contributed by atoms with Gasteiger partial charge in [-0.1, -0.05) is 0 Å². The number of methoxy groups -OCH3 is 2. The lowest BCUT2D eigenvalue weighted by atomic mass is 9.63. The van der Waals surface area contributed by atoms with E-state index in [1.165, 1.54) is 14.2 Å². The maximum Gasteiger partial charge on any atom is 0.200 e. The number of hydrogen-bond acceptors (Lipinski definition) is 2. The van der Waals surface area contributed by atoms with E-state index in [1.807, 2.05) is 0 Å². The summed E-state index contributed by atoms with van der Waals surface area (Å²) in [4.78, 5) is 0. The van der Waals surface area contributed by atoms with Crippen molar-refractivity contribution in [3.8, 4) is 11.5 Å². The molecule has 0 aromatic heterocycles. The van der Waals surface area contributed by atoms with Crippen LogP contribution in [0.2, 0.25) is 0 Å². The van der Waals surface area contributed by atoms with Crippen LogP contribution < -0.4 is 20.4 Å². The molecule has 2 aromatic carbocycles. The van der Waals surface area contributed by atoms with Gasteiger partial charge in [0.1, 0.15) is 17.4 Å². The molecule has 0 aliphatic carbocycles. The Kier molecular flexibility index (Phi) is 4.40. The molecule has 21 heavy (non-hydrogen) atoms. The molecule has 0 bridgehead atoms. The van der Waals surface area contributed by atoms with Gasteiger partial charge < -0.3 is 9.47 Å². The van der Waals surface area contributed by atoms with Gasteiger partial charge in [-0.25, -0.2) is 17.6 Å². The maximum atomic E-state index is 13.7. The lowest BCUT2D eigenvalue weighted by Crippen LogP contribution is -2.32. The SMILES string of the molecule is COc1cc([B]c2cc(F)cc(F)c2OC)c(F)cc1F. The predicted octanol–water partition coefficient (Wildman–Crippen LogP) is 1.92. The first-order chi connectivity index (χ1) is 9.96. The highest BCUT2D eigenvalue weighted by atomic mass is 19.1. The third-order valence-corrected chi connectivity index (χ3v) is 2.82. The fourth-order valence-electron chi connectivity index (χ4n) is 1.88. The molecule has 2 aromatic rings. The van der Waals surface area contributed by atoms with Gasteiger partial charge in [-0.2, -0.15) is 0 Å². The zero-order valence-electron chi connectivity index (χ0n) is 11.2. The first-order valence-electron chi connectivity index (χ1n) is 5.87. The van der Waals surface area contributed by atoms with Crippen LogP contribution in [0.15, 0.2) is 24.3 Å². The summed E-state index contributed by atoms with van der Waals surface area (Å²) in [5.74, 6) is -3.94. The lowest BCUT2D eigenvalue weighted by Gasteiger charge is -2.11. The Balaban J connectivity index is 2.47. The molecule has 0 spiro atoms. The van der Waals surface area contributed by atoms with Gasteiger partial charge in [-0.15, -0.1) is 0 Å². The number of rotatable bonds is 4. The first kappa shape index (κ1) is 15.2. The standard InChI is InChI=1S/C14H10BF4O2/c1-20-13-5-8(10(17)6-11(13)18)15-9-3-7(16)4-12(19)14(9)21-2/h3-6H,1-2H3. The van der Waals surface area contributed by atoms with Crippen LogP contribution in [0.5, 0.6) is 11.5 Å². The predicted molar refractivity (Wildman–Crippen MR) is 70.8 cm³/mol. The van der Waals surface area contributed by atoms with E-state index in [9.17, 15) is 17.6 Å². The zero-order valence-corrected chi connectivity index (χ0v) is 11.2. The van der Waals surface area contributed by atoms with Gasteiger partial charge >= 0.3 is 0 Å². The molecule has 0 amide bonds. The van der Waals surface area contributed by atoms with Gasteiger partial charge in [0.2, 0.25) is 7.28 Å². The topological polar surface area (TPSA) is 18.5 Å². The van der Waals surface area contributed by atoms with E-state index in [0.29, 0.717) is 12.1 Å². The van der Waals surface area contributed by atoms with E-state index >= 15 is 0 Å². The summed E-state index contributed by atoms with van der Waals surface area (Å²) in [6, 6.07) is 3.36. The van der Waals surface area contributed by atoms with Crippen LogP contribution in [0.25, 0.3) is 0 Å². The Morgan fingerprint density at radius 2 is 1.48 bits per heavy atom. The van der Waals surface area contributed by atoms with Crippen molar-refractivity contribution in [1.29, 1.82) is 0 Å². The smallest absolute Gasteiger partial charge is 0.200 e. The van der Waals surface area contributed by atoms with E-state index < -0.39 is 23.3 Å². The molecule has 0 aliphatic rings. The summed E-state index contributed by atoms with van der Waals surface area (Å²) < 4.78 is 63.4. The molecule has 2 nitrogen and oxygen atoms in total. The summed E-state index contributed by atoms with van der Waals surface area (Å²) >= 11 is 0. The second-order valence-electron chi connectivity index (χ2n) is 4.16. The quantitative estimate of drug-likeness (QED) is 0.634. The highest BCUT2D eigenvalue weighted by Crippen LogP contribution is 2.17. The van der Waals surface area contributed by atoms with Crippen molar-refractivity contribution in [2.45, 2.75) is 0 Å². The molecule has 0 unspecified atom stereocenters. The molecule has 2 rings (SSSR count). The van der Waals surface area contributed by atoms with Gasteiger partial charge in [-0.05, 0) is 23.1 Å². The van der Waals surface area contributed by atoms with Crippen LogP contribution in [0.4, 0.5) is 17.6 Å². The minimum Gasteiger partial charge on any atom is -0.494 e. The minimum absolute atomic E-state index is 0.0115. The molecule has 0 saturated carbocycles. The van der Waals surface area contributed by atoms with Crippen molar-refractivity contribution < 1.29 is 27.0 Å². The number of benzene rings is 2. The van der Waals surface area contributed by atoms with E-state index in [4.69, 9.17) is 9.47 Å². The highest BCUT2D eigenvalue weighted by Gasteiger charge is 2.17. The fourth-order valence-corrected chi connectivity index (χ4v) is 1.88. The third kappa shape index (κ3) is 3.12. The largest absolute Gasteiger partial charge is 0.494 e. The van der Waals surface area contributed by atoms with E-state index in [1.54, 1.807) is 0 Å². The molecule has 0 N–H and O–H groups in total. The summed E-state index contributed by atoms with van der Waals surface area (Å²) in [5, 5.41) is 0. The average Bonchev–Trinajstić information content (AvgIpc) is 2.41. The van der Waals surface area contributed by atoms with E-state index in [-0.39, 0.29) is 22.4 Å². The number of ether oxygens (including phenoxy) is 2. The molecule has 0 atom stereocenters.